The maximum atomic E-state index is 12.7. The lowest BCUT2D eigenvalue weighted by molar-refractivity contribution is -0.137. The van der Waals surface area contributed by atoms with Crippen LogP contribution in [0.4, 0.5) is 13.2 Å². The topological polar surface area (TPSA) is 112 Å². The zero-order valence-corrected chi connectivity index (χ0v) is 12.1. The van der Waals surface area contributed by atoms with E-state index < -0.39 is 30.5 Å². The van der Waals surface area contributed by atoms with E-state index in [2.05, 4.69) is 4.98 Å². The number of aromatic amines is 1. The van der Waals surface area contributed by atoms with Gasteiger partial charge in [-0.25, -0.2) is 0 Å². The summed E-state index contributed by atoms with van der Waals surface area (Å²) >= 11 is 0. The van der Waals surface area contributed by atoms with E-state index in [0.717, 1.165) is 22.8 Å². The molecule has 0 aliphatic rings. The largest absolute Gasteiger partial charge is 0.416 e. The SMILES string of the molecule is O=c1[nH]c2cc(C(F)(F)F)ccc2n(CC=CP(=O)(O)O)c1=O. The molecule has 0 atom stereocenters. The minimum Gasteiger partial charge on any atom is -0.321 e. The van der Waals surface area contributed by atoms with Gasteiger partial charge in [-0.05, 0) is 18.2 Å². The molecule has 7 nitrogen and oxygen atoms in total. The number of rotatable bonds is 3. The third kappa shape index (κ3) is 3.98. The monoisotopic (exact) mass is 350 g/mol. The minimum atomic E-state index is -4.62. The van der Waals surface area contributed by atoms with E-state index in [1.54, 1.807) is 0 Å². The number of nitrogens with one attached hydrogen (secondary N) is 1. The third-order valence-electron chi connectivity index (χ3n) is 2.89. The molecule has 2 aromatic rings. The molecule has 124 valence electrons. The summed E-state index contributed by atoms with van der Waals surface area (Å²) in [4.78, 5) is 42.8. The molecule has 0 aliphatic heterocycles. The molecular formula is C12H10F3N2O5P. The Morgan fingerprint density at radius 2 is 1.91 bits per heavy atom. The molecule has 0 amide bonds. The van der Waals surface area contributed by atoms with Crippen molar-refractivity contribution < 1.29 is 27.5 Å². The zero-order chi connectivity index (χ0) is 17.4. The Morgan fingerprint density at radius 1 is 1.26 bits per heavy atom. The van der Waals surface area contributed by atoms with E-state index in [1.165, 1.54) is 0 Å². The molecule has 0 aliphatic carbocycles. The summed E-state index contributed by atoms with van der Waals surface area (Å²) in [6, 6.07) is 2.42. The van der Waals surface area contributed by atoms with Crippen LogP contribution in [-0.2, 0) is 17.3 Å². The molecule has 11 heteroatoms. The van der Waals surface area contributed by atoms with Crippen LogP contribution in [0.3, 0.4) is 0 Å². The summed E-state index contributed by atoms with van der Waals surface area (Å²) in [5, 5.41) is 0. The van der Waals surface area contributed by atoms with E-state index in [4.69, 9.17) is 9.79 Å². The molecule has 0 bridgehead atoms. The standard InChI is InChI=1S/C12H10F3N2O5P/c13-12(14,15)7-2-3-9-8(6-7)16-10(18)11(19)17(9)4-1-5-23(20,21)22/h1-3,5-6H,4H2,(H,16,18)(H2,20,21,22). The number of nitrogens with zero attached hydrogens (tertiary/aromatic N) is 1. The summed E-state index contributed by atoms with van der Waals surface area (Å²) in [5.74, 6) is 0.538. The second-order valence-electron chi connectivity index (χ2n) is 4.57. The fraction of sp³-hybridized carbons (Fsp3) is 0.167. The van der Waals surface area contributed by atoms with Gasteiger partial charge in [0.25, 0.3) is 0 Å². The van der Waals surface area contributed by atoms with E-state index in [0.29, 0.717) is 11.9 Å². The number of hydrogen-bond acceptors (Lipinski definition) is 3. The van der Waals surface area contributed by atoms with Gasteiger partial charge in [-0.2, -0.15) is 13.2 Å². The molecule has 1 aromatic heterocycles. The van der Waals surface area contributed by atoms with E-state index in [-0.39, 0.29) is 17.6 Å². The predicted octanol–water partition coefficient (Wildman–Crippen LogP) is 1.40. The quantitative estimate of drug-likeness (QED) is 0.572. The molecule has 2 rings (SSSR count). The molecule has 3 N–H and O–H groups in total. The number of hydrogen-bond donors (Lipinski definition) is 3. The van der Waals surface area contributed by atoms with Gasteiger partial charge in [-0.15, -0.1) is 0 Å². The Hall–Kier alpha value is -2.16. The van der Waals surface area contributed by atoms with Crippen LogP contribution < -0.4 is 11.1 Å². The Bertz CT molecular complexity index is 938. The van der Waals surface area contributed by atoms with Gasteiger partial charge in [0.05, 0.1) is 16.6 Å². The van der Waals surface area contributed by atoms with Gasteiger partial charge in [0.2, 0.25) is 0 Å². The number of halogens is 3. The maximum absolute atomic E-state index is 12.7. The first-order valence-electron chi connectivity index (χ1n) is 6.06. The van der Waals surface area contributed by atoms with Crippen molar-refractivity contribution in [2.45, 2.75) is 12.7 Å². The van der Waals surface area contributed by atoms with Crippen LogP contribution in [0.25, 0.3) is 11.0 Å². The molecule has 0 saturated heterocycles. The molecule has 0 unspecified atom stereocenters. The second-order valence-corrected chi connectivity index (χ2v) is 6.05. The lowest BCUT2D eigenvalue weighted by Gasteiger charge is -2.11. The Kier molecular flexibility index (Phi) is 4.34. The zero-order valence-electron chi connectivity index (χ0n) is 11.2. The van der Waals surface area contributed by atoms with E-state index in [1.807, 2.05) is 0 Å². The third-order valence-corrected chi connectivity index (χ3v) is 3.49. The first-order chi connectivity index (χ1) is 10.5. The first kappa shape index (κ1) is 17.2. The molecule has 0 spiro atoms. The summed E-state index contributed by atoms with van der Waals surface area (Å²) in [7, 11) is -4.45. The summed E-state index contributed by atoms with van der Waals surface area (Å²) < 4.78 is 49.6. The highest BCUT2D eigenvalue weighted by molar-refractivity contribution is 7.55. The molecule has 0 saturated carbocycles. The highest BCUT2D eigenvalue weighted by Gasteiger charge is 2.30. The van der Waals surface area contributed by atoms with Crippen LogP contribution in [0.15, 0.2) is 39.7 Å². The Balaban J connectivity index is 2.62. The number of alkyl halides is 3. The van der Waals surface area contributed by atoms with Crippen molar-refractivity contribution >= 4 is 18.6 Å². The minimum absolute atomic E-state index is 0.00189. The number of allylic oxidation sites excluding steroid dienone is 1. The van der Waals surface area contributed by atoms with Gasteiger partial charge in [0.15, 0.2) is 0 Å². The number of aromatic nitrogens is 2. The Morgan fingerprint density at radius 3 is 2.48 bits per heavy atom. The smallest absolute Gasteiger partial charge is 0.321 e. The van der Waals surface area contributed by atoms with Gasteiger partial charge in [0, 0.05) is 12.4 Å². The lowest BCUT2D eigenvalue weighted by atomic mass is 10.2. The van der Waals surface area contributed by atoms with Crippen LogP contribution in [0.2, 0.25) is 0 Å². The second kappa shape index (κ2) is 5.80. The highest BCUT2D eigenvalue weighted by atomic mass is 31.2. The molecule has 1 heterocycles. The number of H-pyrrole nitrogens is 1. The number of fused-ring (bicyclic) bond motifs is 1. The fourth-order valence-corrected chi connectivity index (χ4v) is 2.30. The summed E-state index contributed by atoms with van der Waals surface area (Å²) in [5.41, 5.74) is -3.41. The summed E-state index contributed by atoms with van der Waals surface area (Å²) in [6.07, 6.45) is -3.66. The van der Waals surface area contributed by atoms with Gasteiger partial charge >= 0.3 is 24.9 Å². The van der Waals surface area contributed by atoms with Gasteiger partial charge in [-0.1, -0.05) is 6.08 Å². The van der Waals surface area contributed by atoms with Crippen LogP contribution >= 0.6 is 7.60 Å². The number of benzene rings is 1. The summed E-state index contributed by atoms with van der Waals surface area (Å²) in [6.45, 7) is -0.379. The maximum Gasteiger partial charge on any atom is 0.416 e. The van der Waals surface area contributed by atoms with Crippen molar-refractivity contribution in [2.24, 2.45) is 0 Å². The average Bonchev–Trinajstić information content (AvgIpc) is 2.40. The highest BCUT2D eigenvalue weighted by Crippen LogP contribution is 2.36. The molecule has 0 radical (unpaired) electrons. The van der Waals surface area contributed by atoms with Crippen molar-refractivity contribution in [3.63, 3.8) is 0 Å². The van der Waals surface area contributed by atoms with E-state index in [9.17, 15) is 27.3 Å². The van der Waals surface area contributed by atoms with Crippen LogP contribution in [0.5, 0.6) is 0 Å². The fourth-order valence-electron chi connectivity index (χ4n) is 1.93. The Labute approximate surface area is 125 Å². The van der Waals surface area contributed by atoms with Crippen molar-refractivity contribution in [3.05, 3.63) is 56.4 Å². The van der Waals surface area contributed by atoms with Crippen LogP contribution in [-0.4, -0.2) is 19.3 Å². The van der Waals surface area contributed by atoms with Crippen molar-refractivity contribution in [1.82, 2.24) is 9.55 Å². The van der Waals surface area contributed by atoms with Gasteiger partial charge in [-0.3, -0.25) is 18.7 Å². The van der Waals surface area contributed by atoms with Gasteiger partial charge < -0.3 is 14.8 Å². The molecule has 0 fully saturated rings. The van der Waals surface area contributed by atoms with Crippen LogP contribution in [0, 0.1) is 0 Å². The lowest BCUT2D eigenvalue weighted by Crippen LogP contribution is -2.36. The van der Waals surface area contributed by atoms with Crippen LogP contribution in [0.1, 0.15) is 5.56 Å². The van der Waals surface area contributed by atoms with E-state index >= 15 is 0 Å². The molecule has 1 aromatic carbocycles. The average molecular weight is 350 g/mol. The first-order valence-corrected chi connectivity index (χ1v) is 7.74. The normalized spacial score (nSPS) is 13.1. The van der Waals surface area contributed by atoms with Crippen molar-refractivity contribution in [3.8, 4) is 0 Å². The van der Waals surface area contributed by atoms with Crippen molar-refractivity contribution in [1.29, 1.82) is 0 Å². The molecular weight excluding hydrogens is 340 g/mol. The predicted molar refractivity (Wildman–Crippen MR) is 75.0 cm³/mol. The van der Waals surface area contributed by atoms with Crippen molar-refractivity contribution in [2.75, 3.05) is 0 Å². The molecule has 23 heavy (non-hydrogen) atoms. The van der Waals surface area contributed by atoms with Gasteiger partial charge in [0.1, 0.15) is 0 Å².